The van der Waals surface area contributed by atoms with Crippen molar-refractivity contribution in [1.29, 1.82) is 0 Å². The van der Waals surface area contributed by atoms with Crippen molar-refractivity contribution in [3.8, 4) is 0 Å². The molecular weight excluding hydrogens is 266 g/mol. The van der Waals surface area contributed by atoms with Crippen LogP contribution < -0.4 is 0 Å². The molecule has 1 heterocycles. The number of aliphatic hydroxyl groups excluding tert-OH is 1. The summed E-state index contributed by atoms with van der Waals surface area (Å²) in [5.74, 6) is 2.63. The average molecular weight is 300 g/mol. The van der Waals surface area contributed by atoms with Gasteiger partial charge in [-0.05, 0) is 44.1 Å². The molecule has 0 aromatic carbocycles. The fraction of sp³-hybridized carbons (Fsp3) is 1.00. The second-order valence-corrected chi connectivity index (χ2v) is 9.26. The summed E-state index contributed by atoms with van der Waals surface area (Å²) in [6.07, 6.45) is 7.40. The van der Waals surface area contributed by atoms with Gasteiger partial charge in [-0.25, -0.2) is 0 Å². The smallest absolute Gasteiger partial charge is 0.0580 e. The summed E-state index contributed by atoms with van der Waals surface area (Å²) in [6.45, 7) is 10.6. The number of rotatable bonds is 4. The van der Waals surface area contributed by atoms with Crippen LogP contribution in [0.4, 0.5) is 0 Å². The Hall–Kier alpha value is 0.270. The van der Waals surface area contributed by atoms with Crippen molar-refractivity contribution in [3.63, 3.8) is 0 Å². The van der Waals surface area contributed by atoms with Crippen LogP contribution in [-0.2, 0) is 0 Å². The van der Waals surface area contributed by atoms with E-state index in [2.05, 4.69) is 37.4 Å². The minimum atomic E-state index is -0.0491. The van der Waals surface area contributed by atoms with Crippen molar-refractivity contribution < 1.29 is 5.11 Å². The Bertz CT molecular complexity index is 295. The highest BCUT2D eigenvalue weighted by atomic mass is 32.2. The van der Waals surface area contributed by atoms with Crippen LogP contribution in [0.25, 0.3) is 0 Å². The molecule has 3 unspecified atom stereocenters. The zero-order chi connectivity index (χ0) is 14.6. The second-order valence-electron chi connectivity index (χ2n) is 7.45. The zero-order valence-corrected chi connectivity index (χ0v) is 14.4. The average Bonchev–Trinajstić information content (AvgIpc) is 2.55. The molecule has 20 heavy (non-hydrogen) atoms. The van der Waals surface area contributed by atoms with Gasteiger partial charge in [0.1, 0.15) is 0 Å². The Morgan fingerprint density at radius 3 is 2.80 bits per heavy atom. The van der Waals surface area contributed by atoms with Crippen LogP contribution in [0, 0.1) is 11.8 Å². The molecule has 3 heteroatoms. The first-order chi connectivity index (χ1) is 9.50. The number of hydrogen-bond acceptors (Lipinski definition) is 3. The lowest BCUT2D eigenvalue weighted by Crippen LogP contribution is -2.40. The van der Waals surface area contributed by atoms with Crippen LogP contribution in [0.3, 0.4) is 0 Å². The van der Waals surface area contributed by atoms with Crippen molar-refractivity contribution in [3.05, 3.63) is 0 Å². The van der Waals surface area contributed by atoms with Crippen molar-refractivity contribution in [2.75, 3.05) is 25.4 Å². The van der Waals surface area contributed by atoms with E-state index in [-0.39, 0.29) is 6.10 Å². The predicted octanol–water partition coefficient (Wildman–Crippen LogP) is 3.78. The largest absolute Gasteiger partial charge is 0.393 e. The maximum Gasteiger partial charge on any atom is 0.0580 e. The van der Waals surface area contributed by atoms with Gasteiger partial charge in [0, 0.05) is 23.6 Å². The van der Waals surface area contributed by atoms with E-state index in [0.717, 1.165) is 18.9 Å². The quantitative estimate of drug-likeness (QED) is 0.854. The highest BCUT2D eigenvalue weighted by Crippen LogP contribution is 2.34. The molecule has 0 bridgehead atoms. The lowest BCUT2D eigenvalue weighted by molar-refractivity contribution is 0.0266. The van der Waals surface area contributed by atoms with Gasteiger partial charge >= 0.3 is 0 Å². The Balaban J connectivity index is 1.84. The van der Waals surface area contributed by atoms with Gasteiger partial charge in [-0.1, -0.05) is 33.6 Å². The van der Waals surface area contributed by atoms with Crippen LogP contribution in [0.15, 0.2) is 0 Å². The molecule has 2 nitrogen and oxygen atoms in total. The van der Waals surface area contributed by atoms with E-state index in [1.54, 1.807) is 0 Å². The van der Waals surface area contributed by atoms with Crippen LogP contribution in [0.5, 0.6) is 0 Å². The third-order valence-corrected chi connectivity index (χ3v) is 6.54. The van der Waals surface area contributed by atoms with Crippen molar-refractivity contribution in [2.24, 2.45) is 11.8 Å². The molecule has 2 rings (SSSR count). The highest BCUT2D eigenvalue weighted by molar-refractivity contribution is 8.00. The van der Waals surface area contributed by atoms with Gasteiger partial charge in [0.2, 0.25) is 0 Å². The lowest BCUT2D eigenvalue weighted by atomic mass is 9.77. The number of hydrogen-bond donors (Lipinski definition) is 1. The van der Waals surface area contributed by atoms with Gasteiger partial charge in [-0.15, -0.1) is 0 Å². The van der Waals surface area contributed by atoms with Gasteiger partial charge in [0.05, 0.1) is 6.10 Å². The molecule has 1 aliphatic heterocycles. The summed E-state index contributed by atoms with van der Waals surface area (Å²) in [7, 11) is 0. The Labute approximate surface area is 129 Å². The van der Waals surface area contributed by atoms with E-state index < -0.39 is 0 Å². The van der Waals surface area contributed by atoms with Crippen molar-refractivity contribution in [1.82, 2.24) is 4.90 Å². The molecule has 3 atom stereocenters. The normalized spacial score (nSPS) is 35.7. The van der Waals surface area contributed by atoms with E-state index in [1.165, 1.54) is 50.9 Å². The van der Waals surface area contributed by atoms with Gasteiger partial charge in [-0.3, -0.25) is 0 Å². The molecule has 0 spiro atoms. The fourth-order valence-corrected chi connectivity index (χ4v) is 4.93. The fourth-order valence-electron chi connectivity index (χ4n) is 3.79. The third-order valence-electron chi connectivity index (χ3n) is 5.17. The van der Waals surface area contributed by atoms with E-state index in [9.17, 15) is 5.11 Å². The number of nitrogens with zero attached hydrogens (tertiary/aromatic N) is 1. The summed E-state index contributed by atoms with van der Waals surface area (Å²) in [5.41, 5.74) is 0. The van der Waals surface area contributed by atoms with E-state index in [0.29, 0.717) is 10.7 Å². The summed E-state index contributed by atoms with van der Waals surface area (Å²) < 4.78 is 0.435. The number of thioether (sulfide) groups is 1. The van der Waals surface area contributed by atoms with Crippen LogP contribution in [-0.4, -0.2) is 46.2 Å². The van der Waals surface area contributed by atoms with Crippen LogP contribution in [0.1, 0.15) is 59.3 Å². The molecule has 1 saturated carbocycles. The van der Waals surface area contributed by atoms with Gasteiger partial charge in [0.15, 0.2) is 0 Å². The topological polar surface area (TPSA) is 23.5 Å². The minimum Gasteiger partial charge on any atom is -0.393 e. The molecular formula is C17H33NOS. The van der Waals surface area contributed by atoms with Gasteiger partial charge in [-0.2, -0.15) is 11.8 Å². The van der Waals surface area contributed by atoms with Crippen molar-refractivity contribution in [2.45, 2.75) is 70.1 Å². The Morgan fingerprint density at radius 1 is 1.25 bits per heavy atom. The molecule has 0 radical (unpaired) electrons. The van der Waals surface area contributed by atoms with Gasteiger partial charge in [0.25, 0.3) is 0 Å². The number of aliphatic hydroxyl groups is 1. The zero-order valence-electron chi connectivity index (χ0n) is 13.6. The Kier molecular flexibility index (Phi) is 6.25. The first kappa shape index (κ1) is 16.6. The summed E-state index contributed by atoms with van der Waals surface area (Å²) >= 11 is 2.11. The minimum absolute atomic E-state index is 0.0491. The maximum atomic E-state index is 10.3. The monoisotopic (exact) mass is 299 g/mol. The van der Waals surface area contributed by atoms with Gasteiger partial charge < -0.3 is 10.0 Å². The summed E-state index contributed by atoms with van der Waals surface area (Å²) in [4.78, 5) is 2.62. The molecule has 1 saturated heterocycles. The van der Waals surface area contributed by atoms with Crippen LogP contribution in [0.2, 0.25) is 0 Å². The highest BCUT2D eigenvalue weighted by Gasteiger charge is 2.31. The molecule has 2 aliphatic rings. The molecule has 0 aromatic heterocycles. The van der Waals surface area contributed by atoms with E-state index in [4.69, 9.17) is 0 Å². The lowest BCUT2D eigenvalue weighted by Gasteiger charge is -2.36. The molecule has 1 N–H and O–H groups in total. The summed E-state index contributed by atoms with van der Waals surface area (Å²) in [5, 5.41) is 10.3. The molecule has 1 aliphatic carbocycles. The first-order valence-electron chi connectivity index (χ1n) is 8.54. The van der Waals surface area contributed by atoms with E-state index >= 15 is 0 Å². The predicted molar refractivity (Wildman–Crippen MR) is 89.3 cm³/mol. The SMILES string of the molecule is CCCC1CCC(O)C(CN2CCSC(C)(C)CC2)C1. The molecule has 0 aromatic rings. The van der Waals surface area contributed by atoms with Crippen LogP contribution >= 0.6 is 11.8 Å². The second kappa shape index (κ2) is 7.51. The standard InChI is InChI=1S/C17H33NOS/c1-4-5-14-6-7-16(19)15(12-14)13-18-9-8-17(2,3)20-11-10-18/h14-16,19H,4-13H2,1-3H3. The molecule has 118 valence electrons. The Morgan fingerprint density at radius 2 is 2.05 bits per heavy atom. The summed E-state index contributed by atoms with van der Waals surface area (Å²) in [6, 6.07) is 0. The van der Waals surface area contributed by atoms with Crippen molar-refractivity contribution >= 4 is 11.8 Å². The molecule has 2 fully saturated rings. The third kappa shape index (κ3) is 4.92. The maximum absolute atomic E-state index is 10.3. The van der Waals surface area contributed by atoms with E-state index in [1.807, 2.05) is 0 Å². The first-order valence-corrected chi connectivity index (χ1v) is 9.53. The molecule has 0 amide bonds.